The van der Waals surface area contributed by atoms with Gasteiger partial charge in [-0.25, -0.2) is 0 Å². The van der Waals surface area contributed by atoms with E-state index in [0.29, 0.717) is 0 Å². The second-order valence-corrected chi connectivity index (χ2v) is 2.49. The lowest BCUT2D eigenvalue weighted by Gasteiger charge is -1.93. The van der Waals surface area contributed by atoms with Crippen LogP contribution in [0, 0.1) is 0 Å². The molecule has 1 aromatic rings. The van der Waals surface area contributed by atoms with Gasteiger partial charge in [0.05, 0.1) is 0 Å². The summed E-state index contributed by atoms with van der Waals surface area (Å²) < 4.78 is 1.96. The van der Waals surface area contributed by atoms with Gasteiger partial charge in [-0.3, -0.25) is 4.79 Å². The van der Waals surface area contributed by atoms with E-state index in [1.165, 1.54) is 0 Å². The van der Waals surface area contributed by atoms with E-state index < -0.39 is 0 Å². The standard InChI is InChI=1S/C9H11NO/c1-8(11)5-6-9-4-3-7-10(9)2/h3-7H,1-2H3. The van der Waals surface area contributed by atoms with E-state index in [1.807, 2.05) is 36.0 Å². The number of aryl methyl sites for hydroxylation is 1. The molecule has 2 nitrogen and oxygen atoms in total. The molecule has 1 rings (SSSR count). The average Bonchev–Trinajstić information content (AvgIpc) is 2.31. The minimum absolute atomic E-state index is 0.0752. The normalized spacial score (nSPS) is 10.7. The Morgan fingerprint density at radius 2 is 2.36 bits per heavy atom. The molecule has 0 spiro atoms. The number of aromatic nitrogens is 1. The van der Waals surface area contributed by atoms with Gasteiger partial charge in [-0.15, -0.1) is 0 Å². The summed E-state index contributed by atoms with van der Waals surface area (Å²) in [5, 5.41) is 0. The van der Waals surface area contributed by atoms with Crippen molar-refractivity contribution in [3.63, 3.8) is 0 Å². The Morgan fingerprint density at radius 1 is 1.64 bits per heavy atom. The van der Waals surface area contributed by atoms with Crippen molar-refractivity contribution in [1.29, 1.82) is 0 Å². The highest BCUT2D eigenvalue weighted by molar-refractivity contribution is 5.91. The van der Waals surface area contributed by atoms with Gasteiger partial charge < -0.3 is 4.57 Å². The van der Waals surface area contributed by atoms with Gasteiger partial charge in [0.25, 0.3) is 0 Å². The molecule has 2 heteroatoms. The molecule has 0 aromatic carbocycles. The monoisotopic (exact) mass is 149 g/mol. The number of rotatable bonds is 2. The van der Waals surface area contributed by atoms with Crippen LogP contribution in [-0.4, -0.2) is 10.4 Å². The van der Waals surface area contributed by atoms with Crippen LogP contribution in [0.4, 0.5) is 0 Å². The van der Waals surface area contributed by atoms with Crippen LogP contribution >= 0.6 is 0 Å². The number of ketones is 1. The first-order chi connectivity index (χ1) is 5.20. The molecule has 11 heavy (non-hydrogen) atoms. The third kappa shape index (κ3) is 2.08. The maximum atomic E-state index is 10.6. The molecule has 0 atom stereocenters. The topological polar surface area (TPSA) is 22.0 Å². The first kappa shape index (κ1) is 7.79. The molecule has 1 aromatic heterocycles. The maximum absolute atomic E-state index is 10.6. The molecule has 0 aliphatic carbocycles. The third-order valence-corrected chi connectivity index (χ3v) is 1.47. The van der Waals surface area contributed by atoms with Gasteiger partial charge in [0.1, 0.15) is 0 Å². The maximum Gasteiger partial charge on any atom is 0.152 e. The molecular formula is C9H11NO. The van der Waals surface area contributed by atoms with Gasteiger partial charge in [-0.1, -0.05) is 0 Å². The molecule has 0 aliphatic rings. The Hall–Kier alpha value is -1.31. The Labute approximate surface area is 66.1 Å². The molecular weight excluding hydrogens is 138 g/mol. The van der Waals surface area contributed by atoms with Crippen molar-refractivity contribution in [3.8, 4) is 0 Å². The zero-order valence-electron chi connectivity index (χ0n) is 6.74. The highest BCUT2D eigenvalue weighted by Crippen LogP contribution is 2.01. The van der Waals surface area contributed by atoms with E-state index in [9.17, 15) is 4.79 Å². The average molecular weight is 149 g/mol. The summed E-state index contributed by atoms with van der Waals surface area (Å²) >= 11 is 0. The van der Waals surface area contributed by atoms with E-state index in [-0.39, 0.29) is 5.78 Å². The SMILES string of the molecule is CC(=O)C=Cc1cccn1C. The predicted octanol–water partition coefficient (Wildman–Crippen LogP) is 1.63. The number of allylic oxidation sites excluding steroid dienone is 1. The first-order valence-electron chi connectivity index (χ1n) is 3.50. The quantitative estimate of drug-likeness (QED) is 0.586. The van der Waals surface area contributed by atoms with E-state index in [1.54, 1.807) is 13.0 Å². The van der Waals surface area contributed by atoms with Gasteiger partial charge >= 0.3 is 0 Å². The van der Waals surface area contributed by atoms with Crippen LogP contribution in [-0.2, 0) is 11.8 Å². The second-order valence-electron chi connectivity index (χ2n) is 2.49. The van der Waals surface area contributed by atoms with Crippen molar-refractivity contribution < 1.29 is 4.79 Å². The Bertz CT molecular complexity index is 284. The summed E-state index contributed by atoms with van der Waals surface area (Å²) in [4.78, 5) is 10.6. The molecule has 58 valence electrons. The summed E-state index contributed by atoms with van der Waals surface area (Å²) in [6.07, 6.45) is 5.32. The minimum atomic E-state index is 0.0752. The van der Waals surface area contributed by atoms with Crippen molar-refractivity contribution in [3.05, 3.63) is 30.1 Å². The smallest absolute Gasteiger partial charge is 0.152 e. The number of hydrogen-bond donors (Lipinski definition) is 0. The van der Waals surface area contributed by atoms with E-state index in [2.05, 4.69) is 0 Å². The van der Waals surface area contributed by atoms with Crippen LogP contribution < -0.4 is 0 Å². The number of hydrogen-bond acceptors (Lipinski definition) is 1. The van der Waals surface area contributed by atoms with Gasteiger partial charge in [-0.2, -0.15) is 0 Å². The van der Waals surface area contributed by atoms with Crippen LogP contribution in [0.15, 0.2) is 24.4 Å². The van der Waals surface area contributed by atoms with Gasteiger partial charge in [-0.05, 0) is 31.2 Å². The molecule has 1 heterocycles. The van der Waals surface area contributed by atoms with Gasteiger partial charge in [0.2, 0.25) is 0 Å². The third-order valence-electron chi connectivity index (χ3n) is 1.47. The van der Waals surface area contributed by atoms with Crippen molar-refractivity contribution in [2.75, 3.05) is 0 Å². The van der Waals surface area contributed by atoms with Crippen LogP contribution in [0.25, 0.3) is 6.08 Å². The molecule has 0 N–H and O–H groups in total. The summed E-state index contributed by atoms with van der Waals surface area (Å²) in [5.41, 5.74) is 1.04. The van der Waals surface area contributed by atoms with Crippen LogP contribution in [0.2, 0.25) is 0 Å². The van der Waals surface area contributed by atoms with Crippen LogP contribution in [0.5, 0.6) is 0 Å². The van der Waals surface area contributed by atoms with Gasteiger partial charge in [0.15, 0.2) is 5.78 Å². The Balaban J connectivity index is 2.79. The van der Waals surface area contributed by atoms with Crippen molar-refractivity contribution in [2.24, 2.45) is 7.05 Å². The lowest BCUT2D eigenvalue weighted by atomic mass is 10.3. The minimum Gasteiger partial charge on any atom is -0.351 e. The summed E-state index contributed by atoms with van der Waals surface area (Å²) in [6.45, 7) is 1.54. The number of carbonyl (C=O) groups excluding carboxylic acids is 1. The largest absolute Gasteiger partial charge is 0.351 e. The lowest BCUT2D eigenvalue weighted by Crippen LogP contribution is -1.88. The van der Waals surface area contributed by atoms with Crippen molar-refractivity contribution in [1.82, 2.24) is 4.57 Å². The van der Waals surface area contributed by atoms with Crippen LogP contribution in [0.1, 0.15) is 12.6 Å². The molecule has 0 amide bonds. The highest BCUT2D eigenvalue weighted by Gasteiger charge is 1.90. The Kier molecular flexibility index (Phi) is 2.26. The predicted molar refractivity (Wildman–Crippen MR) is 45.1 cm³/mol. The second kappa shape index (κ2) is 3.19. The fourth-order valence-electron chi connectivity index (χ4n) is 0.850. The molecule has 0 unspecified atom stereocenters. The highest BCUT2D eigenvalue weighted by atomic mass is 16.1. The number of carbonyl (C=O) groups is 1. The van der Waals surface area contributed by atoms with Crippen molar-refractivity contribution in [2.45, 2.75) is 6.92 Å². The molecule has 0 bridgehead atoms. The van der Waals surface area contributed by atoms with Crippen LogP contribution in [0.3, 0.4) is 0 Å². The fourth-order valence-corrected chi connectivity index (χ4v) is 0.850. The van der Waals surface area contributed by atoms with E-state index in [4.69, 9.17) is 0 Å². The van der Waals surface area contributed by atoms with E-state index in [0.717, 1.165) is 5.69 Å². The summed E-state index contributed by atoms with van der Waals surface area (Å²) in [7, 11) is 1.94. The molecule has 0 saturated carbocycles. The zero-order chi connectivity index (χ0) is 8.27. The van der Waals surface area contributed by atoms with E-state index >= 15 is 0 Å². The molecule has 0 aliphatic heterocycles. The summed E-state index contributed by atoms with van der Waals surface area (Å²) in [5.74, 6) is 0.0752. The number of nitrogens with zero attached hydrogens (tertiary/aromatic N) is 1. The summed E-state index contributed by atoms with van der Waals surface area (Å²) in [6, 6.07) is 3.90. The first-order valence-corrected chi connectivity index (χ1v) is 3.50. The lowest BCUT2D eigenvalue weighted by molar-refractivity contribution is -0.112. The molecule has 0 fully saturated rings. The molecule has 0 saturated heterocycles. The van der Waals surface area contributed by atoms with Gasteiger partial charge in [0, 0.05) is 18.9 Å². The fraction of sp³-hybridized carbons (Fsp3) is 0.222. The molecule has 0 radical (unpaired) electrons. The Morgan fingerprint density at radius 3 is 2.82 bits per heavy atom. The zero-order valence-corrected chi connectivity index (χ0v) is 6.74. The van der Waals surface area contributed by atoms with Crippen molar-refractivity contribution >= 4 is 11.9 Å².